The summed E-state index contributed by atoms with van der Waals surface area (Å²) in [6.45, 7) is 3.25. The van der Waals surface area contributed by atoms with E-state index < -0.39 is 0 Å². The van der Waals surface area contributed by atoms with Crippen LogP contribution in [-0.2, 0) is 4.79 Å². The number of nitrogens with zero attached hydrogens (tertiary/aromatic N) is 2. The molecule has 5 heteroatoms. The minimum absolute atomic E-state index is 0.0666. The topological polar surface area (TPSA) is 23.6 Å². The Kier molecular flexibility index (Phi) is 5.72. The SMILES string of the molecule is O=C(C1CCC1)N1CCN(C(c2ccccc2)c2ccc(Cl)cc2Cl)CC1. The second kappa shape index (κ2) is 8.22. The number of halogens is 2. The molecular formula is C22H24Cl2N2O. The van der Waals surface area contributed by atoms with Crippen LogP contribution in [0, 0.1) is 5.92 Å². The van der Waals surface area contributed by atoms with Gasteiger partial charge < -0.3 is 4.90 Å². The van der Waals surface area contributed by atoms with Crippen molar-refractivity contribution in [2.45, 2.75) is 25.3 Å². The van der Waals surface area contributed by atoms with Crippen LogP contribution >= 0.6 is 23.2 Å². The first-order valence-corrected chi connectivity index (χ1v) is 10.4. The van der Waals surface area contributed by atoms with Gasteiger partial charge in [0.25, 0.3) is 0 Å². The van der Waals surface area contributed by atoms with E-state index in [4.69, 9.17) is 23.2 Å². The molecule has 4 rings (SSSR count). The van der Waals surface area contributed by atoms with Crippen molar-refractivity contribution in [1.29, 1.82) is 0 Å². The highest BCUT2D eigenvalue weighted by atomic mass is 35.5. The van der Waals surface area contributed by atoms with Crippen molar-refractivity contribution in [3.63, 3.8) is 0 Å². The Bertz CT molecular complexity index is 799. The van der Waals surface area contributed by atoms with Crippen LogP contribution in [0.5, 0.6) is 0 Å². The minimum atomic E-state index is 0.0666. The van der Waals surface area contributed by atoms with Gasteiger partial charge in [0.15, 0.2) is 0 Å². The lowest BCUT2D eigenvalue weighted by atomic mass is 9.84. The molecule has 2 fully saturated rings. The summed E-state index contributed by atoms with van der Waals surface area (Å²) in [6, 6.07) is 16.2. The Balaban J connectivity index is 1.56. The van der Waals surface area contributed by atoms with Gasteiger partial charge in [0, 0.05) is 42.1 Å². The monoisotopic (exact) mass is 402 g/mol. The lowest BCUT2D eigenvalue weighted by Crippen LogP contribution is -2.52. The highest BCUT2D eigenvalue weighted by Crippen LogP contribution is 2.36. The first-order chi connectivity index (χ1) is 13.1. The zero-order valence-corrected chi connectivity index (χ0v) is 16.8. The van der Waals surface area contributed by atoms with E-state index in [2.05, 4.69) is 29.2 Å². The van der Waals surface area contributed by atoms with Crippen LogP contribution in [0.15, 0.2) is 48.5 Å². The molecule has 0 bridgehead atoms. The third-order valence-corrected chi connectivity index (χ3v) is 6.38. The summed E-state index contributed by atoms with van der Waals surface area (Å²) in [5.41, 5.74) is 2.27. The fourth-order valence-corrected chi connectivity index (χ4v) is 4.57. The molecule has 1 aliphatic heterocycles. The predicted octanol–water partition coefficient (Wildman–Crippen LogP) is 5.03. The van der Waals surface area contributed by atoms with Gasteiger partial charge >= 0.3 is 0 Å². The third kappa shape index (κ3) is 4.01. The zero-order valence-electron chi connectivity index (χ0n) is 15.3. The predicted molar refractivity (Wildman–Crippen MR) is 110 cm³/mol. The molecule has 1 heterocycles. The molecule has 0 spiro atoms. The van der Waals surface area contributed by atoms with Gasteiger partial charge in [-0.15, -0.1) is 0 Å². The van der Waals surface area contributed by atoms with Crippen LogP contribution in [0.2, 0.25) is 10.0 Å². The Hall–Kier alpha value is -1.55. The molecular weight excluding hydrogens is 379 g/mol. The van der Waals surface area contributed by atoms with E-state index in [0.29, 0.717) is 16.0 Å². The number of piperazine rings is 1. The van der Waals surface area contributed by atoms with Gasteiger partial charge in [-0.05, 0) is 36.1 Å². The van der Waals surface area contributed by atoms with Crippen LogP contribution in [-0.4, -0.2) is 41.9 Å². The highest BCUT2D eigenvalue weighted by Gasteiger charge is 2.33. The lowest BCUT2D eigenvalue weighted by Gasteiger charge is -2.41. The Morgan fingerprint density at radius 2 is 1.67 bits per heavy atom. The molecule has 1 unspecified atom stereocenters. The van der Waals surface area contributed by atoms with Crippen molar-refractivity contribution in [2.75, 3.05) is 26.2 Å². The standard InChI is InChI=1S/C22H24Cl2N2O/c23-18-9-10-19(20(24)15-18)21(16-5-2-1-3-6-16)25-11-13-26(14-12-25)22(27)17-7-4-8-17/h1-3,5-6,9-10,15,17,21H,4,7-8,11-14H2. The first-order valence-electron chi connectivity index (χ1n) is 9.66. The molecule has 2 aromatic rings. The van der Waals surface area contributed by atoms with Crippen molar-refractivity contribution in [3.05, 3.63) is 69.7 Å². The van der Waals surface area contributed by atoms with E-state index in [1.165, 1.54) is 12.0 Å². The molecule has 1 saturated heterocycles. The average molecular weight is 403 g/mol. The van der Waals surface area contributed by atoms with Gasteiger partial charge in [-0.3, -0.25) is 9.69 Å². The Morgan fingerprint density at radius 3 is 2.26 bits per heavy atom. The highest BCUT2D eigenvalue weighted by molar-refractivity contribution is 6.35. The largest absolute Gasteiger partial charge is 0.340 e. The molecule has 1 saturated carbocycles. The van der Waals surface area contributed by atoms with Crippen molar-refractivity contribution < 1.29 is 4.79 Å². The van der Waals surface area contributed by atoms with Gasteiger partial charge in [0.05, 0.1) is 6.04 Å². The van der Waals surface area contributed by atoms with E-state index in [0.717, 1.165) is 44.6 Å². The van der Waals surface area contributed by atoms with Crippen LogP contribution in [0.4, 0.5) is 0 Å². The second-order valence-electron chi connectivity index (χ2n) is 7.47. The third-order valence-electron chi connectivity index (χ3n) is 5.82. The van der Waals surface area contributed by atoms with Crippen LogP contribution in [0.25, 0.3) is 0 Å². The molecule has 1 amide bonds. The van der Waals surface area contributed by atoms with Gasteiger partial charge in [0.2, 0.25) is 5.91 Å². The quantitative estimate of drug-likeness (QED) is 0.715. The van der Waals surface area contributed by atoms with Crippen LogP contribution in [0.1, 0.15) is 36.4 Å². The maximum Gasteiger partial charge on any atom is 0.225 e. The number of benzene rings is 2. The van der Waals surface area contributed by atoms with Crippen molar-refractivity contribution in [1.82, 2.24) is 9.80 Å². The van der Waals surface area contributed by atoms with Gasteiger partial charge in [0.1, 0.15) is 0 Å². The van der Waals surface area contributed by atoms with Crippen molar-refractivity contribution in [3.8, 4) is 0 Å². The van der Waals surface area contributed by atoms with E-state index in [1.54, 1.807) is 0 Å². The normalized spacial score (nSPS) is 19.6. The zero-order chi connectivity index (χ0) is 18.8. The number of rotatable bonds is 4. The average Bonchev–Trinajstić information content (AvgIpc) is 2.64. The summed E-state index contributed by atoms with van der Waals surface area (Å²) in [7, 11) is 0. The summed E-state index contributed by atoms with van der Waals surface area (Å²) >= 11 is 12.7. The molecule has 2 aliphatic rings. The molecule has 3 nitrogen and oxygen atoms in total. The summed E-state index contributed by atoms with van der Waals surface area (Å²) < 4.78 is 0. The van der Waals surface area contributed by atoms with E-state index >= 15 is 0 Å². The fraction of sp³-hybridized carbons (Fsp3) is 0.409. The molecule has 0 N–H and O–H groups in total. The van der Waals surface area contributed by atoms with Crippen LogP contribution < -0.4 is 0 Å². The molecule has 2 aromatic carbocycles. The lowest BCUT2D eigenvalue weighted by molar-refractivity contribution is -0.140. The first kappa shape index (κ1) is 18.8. The molecule has 1 aliphatic carbocycles. The molecule has 1 atom stereocenters. The maximum atomic E-state index is 12.6. The Morgan fingerprint density at radius 1 is 0.963 bits per heavy atom. The Labute approximate surface area is 170 Å². The summed E-state index contributed by atoms with van der Waals surface area (Å²) in [5.74, 6) is 0.619. The fourth-order valence-electron chi connectivity index (χ4n) is 4.06. The summed E-state index contributed by atoms with van der Waals surface area (Å²) in [4.78, 5) is 17.0. The van der Waals surface area contributed by atoms with Gasteiger partial charge in [-0.1, -0.05) is 66.0 Å². The number of hydrogen-bond donors (Lipinski definition) is 0. The maximum absolute atomic E-state index is 12.6. The summed E-state index contributed by atoms with van der Waals surface area (Å²) in [5, 5.41) is 1.33. The smallest absolute Gasteiger partial charge is 0.225 e. The van der Waals surface area contributed by atoms with Gasteiger partial charge in [-0.25, -0.2) is 0 Å². The summed E-state index contributed by atoms with van der Waals surface area (Å²) in [6.07, 6.45) is 3.32. The number of hydrogen-bond acceptors (Lipinski definition) is 2. The second-order valence-corrected chi connectivity index (χ2v) is 8.31. The van der Waals surface area contributed by atoms with E-state index in [-0.39, 0.29) is 12.0 Å². The molecule has 0 radical (unpaired) electrons. The number of carbonyl (C=O) groups is 1. The molecule has 0 aromatic heterocycles. The number of amides is 1. The van der Waals surface area contributed by atoms with Crippen molar-refractivity contribution >= 4 is 29.1 Å². The molecule has 142 valence electrons. The van der Waals surface area contributed by atoms with E-state index in [1.807, 2.05) is 29.2 Å². The van der Waals surface area contributed by atoms with Gasteiger partial charge in [-0.2, -0.15) is 0 Å². The minimum Gasteiger partial charge on any atom is -0.340 e. The molecule has 27 heavy (non-hydrogen) atoms. The van der Waals surface area contributed by atoms with Crippen molar-refractivity contribution in [2.24, 2.45) is 5.92 Å². The van der Waals surface area contributed by atoms with Crippen LogP contribution in [0.3, 0.4) is 0 Å². The van der Waals surface area contributed by atoms with E-state index in [9.17, 15) is 4.79 Å². The number of carbonyl (C=O) groups excluding carboxylic acids is 1.